The van der Waals surface area contributed by atoms with E-state index in [2.05, 4.69) is 21.0 Å². The van der Waals surface area contributed by atoms with E-state index in [1.54, 1.807) is 6.07 Å². The molecule has 0 saturated heterocycles. The van der Waals surface area contributed by atoms with Crippen molar-refractivity contribution in [3.05, 3.63) is 75.1 Å². The third-order valence-electron chi connectivity index (χ3n) is 4.35. The molecule has 0 aliphatic rings. The number of ether oxygens (including phenoxy) is 1. The summed E-state index contributed by atoms with van der Waals surface area (Å²) in [6.07, 6.45) is 0. The smallest absolute Gasteiger partial charge is 0.273 e. The van der Waals surface area contributed by atoms with Gasteiger partial charge >= 0.3 is 0 Å². The average Bonchev–Trinajstić information content (AvgIpc) is 2.99. The zero-order chi connectivity index (χ0) is 19.0. The molecule has 5 nitrogen and oxygen atoms in total. The van der Waals surface area contributed by atoms with Gasteiger partial charge in [-0.3, -0.25) is 9.89 Å². The molecule has 0 fully saturated rings. The highest BCUT2D eigenvalue weighted by Gasteiger charge is 2.15. The first kappa shape index (κ1) is 17.5. The monoisotopic (exact) mass is 423 g/mol. The number of hydrogen-bond donors (Lipinski definition) is 1. The third-order valence-corrected chi connectivity index (χ3v) is 4.84. The van der Waals surface area contributed by atoms with Gasteiger partial charge in [-0.25, -0.2) is 9.50 Å². The molecule has 0 atom stereocenters. The summed E-state index contributed by atoms with van der Waals surface area (Å²) in [7, 11) is 0. The molecule has 2 aromatic heterocycles. The number of aryl methyl sites for hydroxylation is 1. The van der Waals surface area contributed by atoms with E-state index < -0.39 is 0 Å². The molecule has 0 aliphatic carbocycles. The molecule has 0 aliphatic heterocycles. The molecule has 2 heterocycles. The van der Waals surface area contributed by atoms with E-state index in [1.807, 2.05) is 62.4 Å². The molecule has 2 aromatic carbocycles. The average molecular weight is 424 g/mol. The Hall–Kier alpha value is -2.86. The van der Waals surface area contributed by atoms with Crippen LogP contribution in [0.5, 0.6) is 5.75 Å². The molecule has 6 heteroatoms. The van der Waals surface area contributed by atoms with E-state index in [9.17, 15) is 4.79 Å². The van der Waals surface area contributed by atoms with Crippen molar-refractivity contribution < 1.29 is 4.74 Å². The molecule has 4 aromatic rings. The highest BCUT2D eigenvalue weighted by molar-refractivity contribution is 9.10. The second kappa shape index (κ2) is 7.04. The summed E-state index contributed by atoms with van der Waals surface area (Å²) in [5.74, 6) is 0.759. The molecule has 0 unspecified atom stereocenters. The maximum Gasteiger partial charge on any atom is 0.273 e. The lowest BCUT2D eigenvalue weighted by molar-refractivity contribution is 0.340. The Labute approximate surface area is 164 Å². The summed E-state index contributed by atoms with van der Waals surface area (Å²) in [4.78, 5) is 17.5. The normalized spacial score (nSPS) is 11.1. The molecule has 27 heavy (non-hydrogen) atoms. The van der Waals surface area contributed by atoms with Gasteiger partial charge in [0.1, 0.15) is 5.75 Å². The first-order chi connectivity index (χ1) is 13.1. The largest absolute Gasteiger partial charge is 0.494 e. The fourth-order valence-corrected chi connectivity index (χ4v) is 3.60. The van der Waals surface area contributed by atoms with Crippen molar-refractivity contribution in [2.24, 2.45) is 0 Å². The zero-order valence-electron chi connectivity index (χ0n) is 15.0. The van der Waals surface area contributed by atoms with Crippen molar-refractivity contribution in [3.63, 3.8) is 0 Å². The van der Waals surface area contributed by atoms with Crippen LogP contribution in [0.15, 0.2) is 63.9 Å². The van der Waals surface area contributed by atoms with Gasteiger partial charge in [-0.05, 0) is 43.7 Å². The van der Waals surface area contributed by atoms with Gasteiger partial charge in [-0.2, -0.15) is 0 Å². The Morgan fingerprint density at radius 1 is 1.11 bits per heavy atom. The summed E-state index contributed by atoms with van der Waals surface area (Å²) in [5, 5.41) is 3.13. The molecule has 0 bridgehead atoms. The van der Waals surface area contributed by atoms with Crippen LogP contribution < -0.4 is 10.3 Å². The Kier molecular flexibility index (Phi) is 4.58. The number of rotatable bonds is 4. The van der Waals surface area contributed by atoms with Crippen LogP contribution in [0.3, 0.4) is 0 Å². The summed E-state index contributed by atoms with van der Waals surface area (Å²) in [6.45, 7) is 4.47. The molecule has 1 N–H and O–H groups in total. The van der Waals surface area contributed by atoms with Crippen LogP contribution >= 0.6 is 15.9 Å². The van der Waals surface area contributed by atoms with Crippen LogP contribution in [-0.2, 0) is 0 Å². The standard InChI is InChI=1S/C21H18BrN3O2/c1-3-27-17-9-5-6-14(11-17)18-12-19(26)25-21(23-18)20(13(2)24-25)15-7-4-8-16(22)10-15/h4-12,24H,3H2,1-2H3. The number of hydrogen-bond acceptors (Lipinski definition) is 3. The number of aromatic nitrogens is 3. The van der Waals surface area contributed by atoms with Gasteiger partial charge in [0.15, 0.2) is 5.65 Å². The minimum absolute atomic E-state index is 0.152. The minimum Gasteiger partial charge on any atom is -0.494 e. The second-order valence-electron chi connectivity index (χ2n) is 6.22. The fourth-order valence-electron chi connectivity index (χ4n) is 3.20. The number of H-pyrrole nitrogens is 1. The highest BCUT2D eigenvalue weighted by atomic mass is 79.9. The number of aromatic amines is 1. The third kappa shape index (κ3) is 3.28. The summed E-state index contributed by atoms with van der Waals surface area (Å²) >= 11 is 3.51. The second-order valence-corrected chi connectivity index (χ2v) is 7.14. The van der Waals surface area contributed by atoms with Crippen LogP contribution in [0, 0.1) is 6.92 Å². The van der Waals surface area contributed by atoms with Gasteiger partial charge in [-0.15, -0.1) is 0 Å². The van der Waals surface area contributed by atoms with Crippen LogP contribution in [-0.4, -0.2) is 21.2 Å². The first-order valence-electron chi connectivity index (χ1n) is 8.68. The van der Waals surface area contributed by atoms with Gasteiger partial charge in [0.25, 0.3) is 5.56 Å². The predicted molar refractivity (Wildman–Crippen MR) is 110 cm³/mol. The minimum atomic E-state index is -0.152. The number of fused-ring (bicyclic) bond motifs is 1. The lowest BCUT2D eigenvalue weighted by atomic mass is 10.1. The molecule has 0 saturated carbocycles. The van der Waals surface area contributed by atoms with Crippen molar-refractivity contribution in [1.29, 1.82) is 0 Å². The van der Waals surface area contributed by atoms with Gasteiger partial charge in [-0.1, -0.05) is 40.2 Å². The molecule has 0 radical (unpaired) electrons. The molecular weight excluding hydrogens is 406 g/mol. The Morgan fingerprint density at radius 2 is 1.89 bits per heavy atom. The van der Waals surface area contributed by atoms with E-state index >= 15 is 0 Å². The number of benzene rings is 2. The van der Waals surface area contributed by atoms with E-state index in [0.29, 0.717) is 17.9 Å². The molecule has 0 amide bonds. The van der Waals surface area contributed by atoms with Gasteiger partial charge in [0, 0.05) is 27.4 Å². The maximum atomic E-state index is 12.7. The topological polar surface area (TPSA) is 59.4 Å². The van der Waals surface area contributed by atoms with Crippen molar-refractivity contribution in [3.8, 4) is 28.1 Å². The molecule has 136 valence electrons. The molecule has 0 spiro atoms. The first-order valence-corrected chi connectivity index (χ1v) is 9.47. The zero-order valence-corrected chi connectivity index (χ0v) is 16.6. The van der Waals surface area contributed by atoms with Crippen LogP contribution in [0.4, 0.5) is 0 Å². The number of halogens is 1. The SMILES string of the molecule is CCOc1cccc(-c2cc(=O)n3[nH]c(C)c(-c4cccc(Br)c4)c3n2)c1. The van der Waals surface area contributed by atoms with Crippen LogP contribution in [0.25, 0.3) is 28.0 Å². The van der Waals surface area contributed by atoms with Gasteiger partial charge in [0.2, 0.25) is 0 Å². The van der Waals surface area contributed by atoms with E-state index in [-0.39, 0.29) is 5.56 Å². The van der Waals surface area contributed by atoms with E-state index in [4.69, 9.17) is 9.72 Å². The van der Waals surface area contributed by atoms with Crippen molar-refractivity contribution in [2.45, 2.75) is 13.8 Å². The Morgan fingerprint density at radius 3 is 2.67 bits per heavy atom. The van der Waals surface area contributed by atoms with Crippen LogP contribution in [0.1, 0.15) is 12.6 Å². The predicted octanol–water partition coefficient (Wildman–Crippen LogP) is 4.83. The highest BCUT2D eigenvalue weighted by Crippen LogP contribution is 2.30. The fraction of sp³-hybridized carbons (Fsp3) is 0.143. The Balaban J connectivity index is 1.94. The van der Waals surface area contributed by atoms with E-state index in [0.717, 1.165) is 32.6 Å². The molecule has 4 rings (SSSR count). The summed E-state index contributed by atoms with van der Waals surface area (Å²) in [6, 6.07) is 17.1. The number of nitrogens with zero attached hydrogens (tertiary/aromatic N) is 2. The lowest BCUT2D eigenvalue weighted by Gasteiger charge is -2.07. The maximum absolute atomic E-state index is 12.7. The van der Waals surface area contributed by atoms with Gasteiger partial charge in [0.05, 0.1) is 12.3 Å². The Bertz CT molecular complexity index is 1190. The number of nitrogens with one attached hydrogen (secondary N) is 1. The summed E-state index contributed by atoms with van der Waals surface area (Å²) in [5.41, 5.74) is 4.72. The summed E-state index contributed by atoms with van der Waals surface area (Å²) < 4.78 is 8.03. The van der Waals surface area contributed by atoms with Gasteiger partial charge < -0.3 is 4.74 Å². The van der Waals surface area contributed by atoms with Crippen molar-refractivity contribution >= 4 is 21.6 Å². The van der Waals surface area contributed by atoms with Crippen LogP contribution in [0.2, 0.25) is 0 Å². The molecular formula is C21H18BrN3O2. The lowest BCUT2D eigenvalue weighted by Crippen LogP contribution is -2.14. The quantitative estimate of drug-likeness (QED) is 0.511. The van der Waals surface area contributed by atoms with Crippen molar-refractivity contribution in [1.82, 2.24) is 14.6 Å². The van der Waals surface area contributed by atoms with Crippen molar-refractivity contribution in [2.75, 3.05) is 6.61 Å². The van der Waals surface area contributed by atoms with E-state index in [1.165, 1.54) is 4.52 Å².